The molecule has 0 spiro atoms. The van der Waals surface area contributed by atoms with E-state index in [9.17, 15) is 9.90 Å². The maximum Gasteiger partial charge on any atom is 0.309 e. The zero-order chi connectivity index (χ0) is 10.8. The summed E-state index contributed by atoms with van der Waals surface area (Å²) in [6.45, 7) is 3.33. The van der Waals surface area contributed by atoms with Crippen LogP contribution in [0, 0.1) is 5.41 Å². The number of aromatic hydroxyl groups is 1. The van der Waals surface area contributed by atoms with Crippen molar-refractivity contribution in [2.24, 2.45) is 5.41 Å². The van der Waals surface area contributed by atoms with Crippen LogP contribution in [-0.4, -0.2) is 16.2 Å². The van der Waals surface area contributed by atoms with Crippen molar-refractivity contribution in [2.75, 3.05) is 0 Å². The highest BCUT2D eigenvalue weighted by Gasteiger charge is 2.27. The van der Waals surface area contributed by atoms with E-state index in [0.29, 0.717) is 6.42 Å². The van der Waals surface area contributed by atoms with Gasteiger partial charge >= 0.3 is 5.97 Å². The van der Waals surface area contributed by atoms with Crippen LogP contribution in [0.2, 0.25) is 0 Å². The Morgan fingerprint density at radius 2 is 2.07 bits per heavy atom. The van der Waals surface area contributed by atoms with Crippen LogP contribution in [0.4, 0.5) is 0 Å². The van der Waals surface area contributed by atoms with Gasteiger partial charge < -0.3 is 10.2 Å². The molecule has 0 saturated heterocycles. The lowest BCUT2D eigenvalue weighted by atomic mass is 9.86. The normalized spacial score (nSPS) is 11.3. The Bertz CT molecular complexity index is 342. The third-order valence-corrected chi connectivity index (χ3v) is 2.14. The number of aliphatic carboxylic acids is 1. The number of phenolic OH excluding ortho intramolecular Hbond substituents is 1. The molecule has 0 heterocycles. The molecular formula is C11H14O3. The van der Waals surface area contributed by atoms with Crippen LogP contribution in [0.1, 0.15) is 19.4 Å². The monoisotopic (exact) mass is 194 g/mol. The third-order valence-electron chi connectivity index (χ3n) is 2.14. The number of rotatable bonds is 3. The van der Waals surface area contributed by atoms with E-state index in [0.717, 1.165) is 5.56 Å². The average Bonchev–Trinajstić information content (AvgIpc) is 2.02. The molecule has 0 unspecified atom stereocenters. The minimum absolute atomic E-state index is 0.170. The van der Waals surface area contributed by atoms with Crippen molar-refractivity contribution >= 4 is 5.97 Å². The highest BCUT2D eigenvalue weighted by molar-refractivity contribution is 5.74. The van der Waals surface area contributed by atoms with Crippen LogP contribution in [0.3, 0.4) is 0 Å². The number of benzene rings is 1. The van der Waals surface area contributed by atoms with Gasteiger partial charge in [-0.2, -0.15) is 0 Å². The third kappa shape index (κ3) is 2.49. The van der Waals surface area contributed by atoms with Crippen molar-refractivity contribution in [3.8, 4) is 5.75 Å². The molecule has 0 aliphatic carbocycles. The summed E-state index contributed by atoms with van der Waals surface area (Å²) in [5, 5.41) is 18.1. The molecule has 0 saturated carbocycles. The van der Waals surface area contributed by atoms with Crippen molar-refractivity contribution in [2.45, 2.75) is 20.3 Å². The van der Waals surface area contributed by atoms with E-state index in [1.807, 2.05) is 6.07 Å². The summed E-state index contributed by atoms with van der Waals surface area (Å²) in [7, 11) is 0. The predicted octanol–water partition coefficient (Wildman–Crippen LogP) is 2.05. The molecule has 0 radical (unpaired) electrons. The molecule has 0 aliphatic heterocycles. The molecule has 0 aromatic heterocycles. The summed E-state index contributed by atoms with van der Waals surface area (Å²) < 4.78 is 0. The average molecular weight is 194 g/mol. The Kier molecular flexibility index (Phi) is 2.79. The second-order valence-electron chi connectivity index (χ2n) is 4.04. The fourth-order valence-electron chi connectivity index (χ4n) is 1.25. The van der Waals surface area contributed by atoms with E-state index in [-0.39, 0.29) is 5.75 Å². The van der Waals surface area contributed by atoms with Gasteiger partial charge in [0.05, 0.1) is 5.41 Å². The lowest BCUT2D eigenvalue weighted by Crippen LogP contribution is -2.26. The molecule has 0 aliphatic rings. The topological polar surface area (TPSA) is 57.5 Å². The summed E-state index contributed by atoms with van der Waals surface area (Å²) in [5.41, 5.74) is 0.0331. The molecule has 14 heavy (non-hydrogen) atoms. The summed E-state index contributed by atoms with van der Waals surface area (Å²) in [4.78, 5) is 10.8. The van der Waals surface area contributed by atoms with Crippen LogP contribution in [0.15, 0.2) is 24.3 Å². The molecule has 1 aromatic carbocycles. The standard InChI is InChI=1S/C11H14O3/c1-11(2,10(13)14)7-8-4-3-5-9(12)6-8/h3-6,12H,7H2,1-2H3,(H,13,14). The van der Waals surface area contributed by atoms with E-state index in [4.69, 9.17) is 5.11 Å². The van der Waals surface area contributed by atoms with Crippen LogP contribution < -0.4 is 0 Å². The largest absolute Gasteiger partial charge is 0.508 e. The number of hydrogen-bond donors (Lipinski definition) is 2. The fourth-order valence-corrected chi connectivity index (χ4v) is 1.25. The molecule has 3 nitrogen and oxygen atoms in total. The quantitative estimate of drug-likeness (QED) is 0.774. The van der Waals surface area contributed by atoms with Crippen LogP contribution in [-0.2, 0) is 11.2 Å². The lowest BCUT2D eigenvalue weighted by Gasteiger charge is -2.18. The summed E-state index contributed by atoms with van der Waals surface area (Å²) in [6, 6.07) is 6.68. The molecule has 0 bridgehead atoms. The number of carboxylic acids is 1. The van der Waals surface area contributed by atoms with Crippen molar-refractivity contribution < 1.29 is 15.0 Å². The maximum absolute atomic E-state index is 10.8. The van der Waals surface area contributed by atoms with Crippen LogP contribution in [0.25, 0.3) is 0 Å². The highest BCUT2D eigenvalue weighted by atomic mass is 16.4. The Morgan fingerprint density at radius 1 is 1.43 bits per heavy atom. The van der Waals surface area contributed by atoms with Gasteiger partial charge in [0.1, 0.15) is 5.75 Å². The first kappa shape index (κ1) is 10.6. The number of carbonyl (C=O) groups is 1. The lowest BCUT2D eigenvalue weighted by molar-refractivity contribution is -0.146. The molecule has 0 fully saturated rings. The van der Waals surface area contributed by atoms with Gasteiger partial charge in [-0.3, -0.25) is 4.79 Å². The highest BCUT2D eigenvalue weighted by Crippen LogP contribution is 2.23. The Morgan fingerprint density at radius 3 is 2.57 bits per heavy atom. The van der Waals surface area contributed by atoms with Gasteiger partial charge in [0.15, 0.2) is 0 Å². The number of carboxylic acid groups (broad SMARTS) is 1. The summed E-state index contributed by atoms with van der Waals surface area (Å²) >= 11 is 0. The molecule has 0 amide bonds. The first-order valence-electron chi connectivity index (χ1n) is 4.43. The van der Waals surface area contributed by atoms with E-state index in [1.165, 1.54) is 0 Å². The van der Waals surface area contributed by atoms with Gasteiger partial charge in [-0.15, -0.1) is 0 Å². The fraction of sp³-hybridized carbons (Fsp3) is 0.364. The van der Waals surface area contributed by atoms with E-state index in [2.05, 4.69) is 0 Å². The molecule has 3 heteroatoms. The molecule has 0 atom stereocenters. The Hall–Kier alpha value is -1.51. The van der Waals surface area contributed by atoms with Gasteiger partial charge in [-0.1, -0.05) is 12.1 Å². The Labute approximate surface area is 83.0 Å². The molecule has 1 aromatic rings. The molecule has 76 valence electrons. The number of hydrogen-bond acceptors (Lipinski definition) is 2. The SMILES string of the molecule is CC(C)(Cc1cccc(O)c1)C(=O)O. The minimum atomic E-state index is -0.833. The van der Waals surface area contributed by atoms with Crippen LogP contribution >= 0.6 is 0 Å². The predicted molar refractivity (Wildman–Crippen MR) is 53.2 cm³/mol. The van der Waals surface area contributed by atoms with Gasteiger partial charge in [0.25, 0.3) is 0 Å². The smallest absolute Gasteiger partial charge is 0.309 e. The van der Waals surface area contributed by atoms with E-state index >= 15 is 0 Å². The van der Waals surface area contributed by atoms with Gasteiger partial charge in [0.2, 0.25) is 0 Å². The van der Waals surface area contributed by atoms with Crippen molar-refractivity contribution in [3.63, 3.8) is 0 Å². The minimum Gasteiger partial charge on any atom is -0.508 e. The second kappa shape index (κ2) is 3.70. The van der Waals surface area contributed by atoms with Gasteiger partial charge in [-0.05, 0) is 38.0 Å². The first-order valence-corrected chi connectivity index (χ1v) is 4.43. The van der Waals surface area contributed by atoms with Crippen molar-refractivity contribution in [1.29, 1.82) is 0 Å². The van der Waals surface area contributed by atoms with Gasteiger partial charge in [-0.25, -0.2) is 0 Å². The van der Waals surface area contributed by atoms with Gasteiger partial charge in [0, 0.05) is 0 Å². The van der Waals surface area contributed by atoms with Crippen molar-refractivity contribution in [3.05, 3.63) is 29.8 Å². The summed E-state index contributed by atoms with van der Waals surface area (Å²) in [5.74, 6) is -0.662. The second-order valence-corrected chi connectivity index (χ2v) is 4.04. The van der Waals surface area contributed by atoms with E-state index < -0.39 is 11.4 Å². The number of phenols is 1. The summed E-state index contributed by atoms with van der Waals surface area (Å²) in [6.07, 6.45) is 0.413. The van der Waals surface area contributed by atoms with Crippen molar-refractivity contribution in [1.82, 2.24) is 0 Å². The first-order chi connectivity index (χ1) is 6.42. The zero-order valence-corrected chi connectivity index (χ0v) is 8.32. The van der Waals surface area contributed by atoms with Crippen LogP contribution in [0.5, 0.6) is 5.75 Å². The molecule has 2 N–H and O–H groups in total. The molecular weight excluding hydrogens is 180 g/mol. The molecule has 1 rings (SSSR count). The zero-order valence-electron chi connectivity index (χ0n) is 8.32. The van der Waals surface area contributed by atoms with E-state index in [1.54, 1.807) is 32.0 Å². The maximum atomic E-state index is 10.8. The Balaban J connectivity index is 2.83.